The van der Waals surface area contributed by atoms with Crippen molar-refractivity contribution < 1.29 is 9.53 Å². The minimum absolute atomic E-state index is 0.0204. The van der Waals surface area contributed by atoms with Crippen LogP contribution in [0.4, 0.5) is 28.4 Å². The van der Waals surface area contributed by atoms with Gasteiger partial charge in [-0.2, -0.15) is 0 Å². The summed E-state index contributed by atoms with van der Waals surface area (Å²) in [5.74, 6) is -0.123. The van der Waals surface area contributed by atoms with Crippen LogP contribution >= 0.6 is 0 Å². The maximum absolute atomic E-state index is 13.3. The fourth-order valence-corrected chi connectivity index (χ4v) is 9.74. The van der Waals surface area contributed by atoms with Gasteiger partial charge in [-0.05, 0) is 156 Å². The standard InChI is InChI=1S/C55H65N3O2/c1-12-55(8,9)54(59)60-50-20-16-15-19-49(50)56-48-30-29-47(45-17-13-14-18-46(45)48)51(41-21-25-43(26-22-41)57(10)52-37(4)31-35(2)32-38(52)5)42-23-27-44(28-24-42)58(11)53-39(6)33-36(3)34-40(53)7/h13-14,17-18,21-34,49-51,56H,12,15-16,19-20H2,1-11H3. The topological polar surface area (TPSA) is 44.8 Å². The molecule has 0 bridgehead atoms. The molecule has 1 N–H and O–H groups in total. The number of anilines is 5. The van der Waals surface area contributed by atoms with Gasteiger partial charge in [0.25, 0.3) is 0 Å². The number of hydrogen-bond donors (Lipinski definition) is 1. The maximum atomic E-state index is 13.3. The van der Waals surface area contributed by atoms with E-state index in [1.165, 1.54) is 72.2 Å². The largest absolute Gasteiger partial charge is 0.460 e. The molecule has 60 heavy (non-hydrogen) atoms. The van der Waals surface area contributed by atoms with Crippen molar-refractivity contribution in [3.05, 3.63) is 159 Å². The van der Waals surface area contributed by atoms with E-state index in [0.717, 1.165) is 49.2 Å². The zero-order valence-electron chi connectivity index (χ0n) is 37.9. The summed E-state index contributed by atoms with van der Waals surface area (Å²) in [5.41, 5.74) is 16.8. The summed E-state index contributed by atoms with van der Waals surface area (Å²) in [7, 11) is 4.34. The van der Waals surface area contributed by atoms with Gasteiger partial charge in [0.05, 0.1) is 11.5 Å². The van der Waals surface area contributed by atoms with E-state index in [1.807, 2.05) is 13.8 Å². The van der Waals surface area contributed by atoms with Crippen LogP contribution in [0.25, 0.3) is 10.8 Å². The van der Waals surface area contributed by atoms with Gasteiger partial charge < -0.3 is 19.9 Å². The molecular weight excluding hydrogens is 735 g/mol. The fourth-order valence-electron chi connectivity index (χ4n) is 9.74. The minimum Gasteiger partial charge on any atom is -0.460 e. The van der Waals surface area contributed by atoms with E-state index in [2.05, 4.69) is 187 Å². The third-order valence-electron chi connectivity index (χ3n) is 13.2. The lowest BCUT2D eigenvalue weighted by Gasteiger charge is -2.35. The highest BCUT2D eigenvalue weighted by Crippen LogP contribution is 2.42. The SMILES string of the molecule is CCC(C)(C)C(=O)OC1CCCCC1Nc1ccc(C(c2ccc(N(C)c3c(C)cc(C)cc3C)cc2)c2ccc(N(C)c3c(C)cc(C)cc3C)cc2)c2ccccc12. The van der Waals surface area contributed by atoms with Gasteiger partial charge in [0.2, 0.25) is 0 Å². The van der Waals surface area contributed by atoms with Crippen molar-refractivity contribution in [3.63, 3.8) is 0 Å². The molecule has 2 atom stereocenters. The Bertz CT molecular complexity index is 2330. The fraction of sp³-hybridized carbons (Fsp3) is 0.364. The molecule has 6 aromatic carbocycles. The van der Waals surface area contributed by atoms with Crippen LogP contribution in [-0.4, -0.2) is 32.2 Å². The number of carbonyl (C=O) groups is 1. The first-order valence-corrected chi connectivity index (χ1v) is 22.0. The van der Waals surface area contributed by atoms with E-state index in [4.69, 9.17) is 4.74 Å². The monoisotopic (exact) mass is 800 g/mol. The lowest BCUT2D eigenvalue weighted by atomic mass is 9.82. The molecule has 5 nitrogen and oxygen atoms in total. The van der Waals surface area contributed by atoms with Crippen molar-refractivity contribution in [1.29, 1.82) is 0 Å². The van der Waals surface area contributed by atoms with E-state index in [1.54, 1.807) is 0 Å². The quantitative estimate of drug-likeness (QED) is 0.0987. The van der Waals surface area contributed by atoms with Gasteiger partial charge in [-0.15, -0.1) is 0 Å². The van der Waals surface area contributed by atoms with Crippen molar-refractivity contribution in [2.45, 2.75) is 112 Å². The zero-order valence-corrected chi connectivity index (χ0v) is 37.9. The number of nitrogens with one attached hydrogen (secondary N) is 1. The summed E-state index contributed by atoms with van der Waals surface area (Å²) in [6.07, 6.45) is 4.63. The number of ether oxygens (including phenoxy) is 1. The third kappa shape index (κ3) is 8.68. The van der Waals surface area contributed by atoms with Crippen LogP contribution in [0.5, 0.6) is 0 Å². The average molecular weight is 800 g/mol. The Morgan fingerprint density at radius 1 is 0.667 bits per heavy atom. The smallest absolute Gasteiger partial charge is 0.311 e. The van der Waals surface area contributed by atoms with Gasteiger partial charge in [-0.1, -0.05) is 103 Å². The number of hydrogen-bond acceptors (Lipinski definition) is 5. The number of fused-ring (bicyclic) bond motifs is 1. The first kappa shape index (κ1) is 42.6. The van der Waals surface area contributed by atoms with Gasteiger partial charge >= 0.3 is 5.97 Å². The molecule has 0 spiro atoms. The number of carbonyl (C=O) groups excluding carboxylic acids is 1. The molecular formula is C55H65N3O2. The van der Waals surface area contributed by atoms with Crippen molar-refractivity contribution in [3.8, 4) is 0 Å². The molecule has 0 aliphatic heterocycles. The van der Waals surface area contributed by atoms with E-state index in [9.17, 15) is 4.79 Å². The zero-order chi connectivity index (χ0) is 42.9. The molecule has 6 aromatic rings. The summed E-state index contributed by atoms with van der Waals surface area (Å²) < 4.78 is 6.26. The molecule has 0 amide bonds. The number of rotatable bonds is 12. The van der Waals surface area contributed by atoms with Crippen LogP contribution in [0.15, 0.2) is 109 Å². The van der Waals surface area contributed by atoms with Gasteiger partial charge in [0.1, 0.15) is 6.10 Å². The Kier molecular flexibility index (Phi) is 12.5. The molecule has 7 rings (SSSR count). The maximum Gasteiger partial charge on any atom is 0.311 e. The number of esters is 1. The van der Waals surface area contributed by atoms with Gasteiger partial charge in [-0.25, -0.2) is 0 Å². The predicted octanol–water partition coefficient (Wildman–Crippen LogP) is 14.1. The average Bonchev–Trinajstić information content (AvgIpc) is 3.22. The van der Waals surface area contributed by atoms with Crippen LogP contribution in [0.3, 0.4) is 0 Å². The molecule has 312 valence electrons. The lowest BCUT2D eigenvalue weighted by Crippen LogP contribution is -2.42. The summed E-state index contributed by atoms with van der Waals surface area (Å²) in [5, 5.41) is 6.29. The number of aryl methyl sites for hydroxylation is 6. The molecule has 1 aliphatic carbocycles. The Balaban J connectivity index is 1.28. The lowest BCUT2D eigenvalue weighted by molar-refractivity contribution is -0.161. The molecule has 0 saturated heterocycles. The van der Waals surface area contributed by atoms with Crippen LogP contribution in [0, 0.1) is 47.0 Å². The highest BCUT2D eigenvalue weighted by atomic mass is 16.5. The first-order valence-electron chi connectivity index (χ1n) is 22.0. The van der Waals surface area contributed by atoms with Crippen LogP contribution in [0.1, 0.15) is 109 Å². The number of nitrogens with zero attached hydrogens (tertiary/aromatic N) is 2. The summed E-state index contributed by atoms with van der Waals surface area (Å²) >= 11 is 0. The third-order valence-corrected chi connectivity index (χ3v) is 13.2. The molecule has 5 heteroatoms. The van der Waals surface area contributed by atoms with E-state index in [-0.39, 0.29) is 24.0 Å². The van der Waals surface area contributed by atoms with Crippen molar-refractivity contribution >= 4 is 45.2 Å². The second-order valence-electron chi connectivity index (χ2n) is 18.2. The van der Waals surface area contributed by atoms with Crippen molar-refractivity contribution in [2.24, 2.45) is 5.41 Å². The molecule has 2 unspecified atom stereocenters. The van der Waals surface area contributed by atoms with E-state index in [0.29, 0.717) is 0 Å². The van der Waals surface area contributed by atoms with Crippen LogP contribution in [-0.2, 0) is 9.53 Å². The Morgan fingerprint density at radius 2 is 1.13 bits per heavy atom. The van der Waals surface area contributed by atoms with Gasteiger partial charge in [0, 0.05) is 53.8 Å². The normalized spacial score (nSPS) is 15.6. The molecule has 1 saturated carbocycles. The molecule has 1 fully saturated rings. The highest BCUT2D eigenvalue weighted by molar-refractivity contribution is 5.97. The van der Waals surface area contributed by atoms with Gasteiger partial charge in [-0.3, -0.25) is 4.79 Å². The molecule has 1 aliphatic rings. The van der Waals surface area contributed by atoms with Crippen molar-refractivity contribution in [1.82, 2.24) is 0 Å². The minimum atomic E-state index is -0.496. The van der Waals surface area contributed by atoms with E-state index >= 15 is 0 Å². The first-order chi connectivity index (χ1) is 28.7. The Labute approximate surface area is 359 Å². The van der Waals surface area contributed by atoms with Crippen LogP contribution in [0.2, 0.25) is 0 Å². The summed E-state index contributed by atoms with van der Waals surface area (Å²) in [6.45, 7) is 19.2. The summed E-state index contributed by atoms with van der Waals surface area (Å²) in [4.78, 5) is 17.9. The van der Waals surface area contributed by atoms with E-state index < -0.39 is 5.41 Å². The molecule has 0 heterocycles. The second-order valence-corrected chi connectivity index (χ2v) is 18.2. The molecule has 0 aromatic heterocycles. The Hall–Kier alpha value is -5.55. The summed E-state index contributed by atoms with van der Waals surface area (Å²) in [6, 6.07) is 40.8. The number of benzene rings is 6. The molecule has 0 radical (unpaired) electrons. The van der Waals surface area contributed by atoms with Crippen LogP contribution < -0.4 is 15.1 Å². The highest BCUT2D eigenvalue weighted by Gasteiger charge is 2.34. The van der Waals surface area contributed by atoms with Crippen molar-refractivity contribution in [2.75, 3.05) is 29.2 Å². The van der Waals surface area contributed by atoms with Gasteiger partial charge in [0.15, 0.2) is 0 Å². The second kappa shape index (κ2) is 17.6. The predicted molar refractivity (Wildman–Crippen MR) is 255 cm³/mol. The Morgan fingerprint density at radius 3 is 1.62 bits per heavy atom.